The number of methoxy groups -OCH3 is 1. The maximum Gasteiger partial charge on any atom is 0.0976 e. The Morgan fingerprint density at radius 1 is 1.35 bits per heavy atom. The summed E-state index contributed by atoms with van der Waals surface area (Å²) in [6.45, 7) is 2.39. The Balaban J connectivity index is 2.12. The topological polar surface area (TPSA) is 97.5 Å². The third-order valence-electron chi connectivity index (χ3n) is 3.87. The first-order valence-electron chi connectivity index (χ1n) is 7.12. The van der Waals surface area contributed by atoms with Crippen LogP contribution in [0.1, 0.15) is 24.1 Å². The van der Waals surface area contributed by atoms with E-state index in [1.54, 1.807) is 24.6 Å². The smallest absolute Gasteiger partial charge is 0.0976 e. The van der Waals surface area contributed by atoms with Gasteiger partial charge in [-0.1, -0.05) is 0 Å². The van der Waals surface area contributed by atoms with Gasteiger partial charge in [0.05, 0.1) is 52.2 Å². The summed E-state index contributed by atoms with van der Waals surface area (Å²) in [7, 11) is 1.63. The van der Waals surface area contributed by atoms with Gasteiger partial charge in [0.25, 0.3) is 0 Å². The number of nitrogens with one attached hydrogen (secondary N) is 2. The van der Waals surface area contributed by atoms with E-state index in [2.05, 4.69) is 27.7 Å². The average molecular weight is 325 g/mol. The average Bonchev–Trinajstić information content (AvgIpc) is 3.13. The van der Waals surface area contributed by atoms with Crippen LogP contribution < -0.4 is 5.32 Å². The van der Waals surface area contributed by atoms with Crippen LogP contribution in [0.2, 0.25) is 0 Å². The molecule has 23 heavy (non-hydrogen) atoms. The molecule has 3 heterocycles. The van der Waals surface area contributed by atoms with Gasteiger partial charge >= 0.3 is 0 Å². The van der Waals surface area contributed by atoms with Crippen LogP contribution in [0.5, 0.6) is 0 Å². The molecule has 1 unspecified atom stereocenters. The summed E-state index contributed by atoms with van der Waals surface area (Å²) in [5, 5.41) is 29.4. The highest BCUT2D eigenvalue weighted by Crippen LogP contribution is 2.42. The summed E-state index contributed by atoms with van der Waals surface area (Å²) in [5.41, 5.74) is 3.71. The van der Waals surface area contributed by atoms with Gasteiger partial charge < -0.3 is 10.1 Å². The normalized spacial score (nSPS) is 18.0. The van der Waals surface area contributed by atoms with E-state index in [0.29, 0.717) is 24.2 Å². The maximum atomic E-state index is 9.68. The minimum Gasteiger partial charge on any atom is -0.384 e. The van der Waals surface area contributed by atoms with Crippen LogP contribution >= 0.6 is 11.3 Å². The number of allylic oxidation sites excluding steroid dienone is 3. The first kappa shape index (κ1) is 15.3. The van der Waals surface area contributed by atoms with Crippen molar-refractivity contribution in [3.05, 3.63) is 39.7 Å². The van der Waals surface area contributed by atoms with Crippen molar-refractivity contribution < 1.29 is 4.74 Å². The number of hydrogen-bond donors (Lipinski definition) is 2. The molecule has 7 heteroatoms. The van der Waals surface area contributed by atoms with E-state index < -0.39 is 0 Å². The number of dihydropyridines is 1. The Morgan fingerprint density at radius 3 is 2.78 bits per heavy atom. The predicted octanol–water partition coefficient (Wildman–Crippen LogP) is 2.92. The van der Waals surface area contributed by atoms with Crippen molar-refractivity contribution in [2.75, 3.05) is 13.7 Å². The van der Waals surface area contributed by atoms with Gasteiger partial charge in [-0.25, -0.2) is 0 Å². The second-order valence-electron chi connectivity index (χ2n) is 5.25. The third-order valence-corrected chi connectivity index (χ3v) is 5.01. The SMILES string of the molecule is COCCC1=C(C#N)C(c2cc3[nH]ncc3s2)C(C#N)=C(C)N1. The molecular formula is C16H15N5OS. The van der Waals surface area contributed by atoms with Crippen molar-refractivity contribution in [2.24, 2.45) is 0 Å². The van der Waals surface area contributed by atoms with E-state index in [4.69, 9.17) is 4.74 Å². The van der Waals surface area contributed by atoms with Gasteiger partial charge in [0.1, 0.15) is 0 Å². The summed E-state index contributed by atoms with van der Waals surface area (Å²) in [4.78, 5) is 0.970. The number of thiophene rings is 1. The lowest BCUT2D eigenvalue weighted by Crippen LogP contribution is -2.25. The van der Waals surface area contributed by atoms with Crippen LogP contribution in [-0.2, 0) is 4.74 Å². The summed E-state index contributed by atoms with van der Waals surface area (Å²) in [5.74, 6) is -0.330. The molecule has 0 saturated heterocycles. The van der Waals surface area contributed by atoms with E-state index in [0.717, 1.165) is 26.5 Å². The zero-order valence-electron chi connectivity index (χ0n) is 12.8. The zero-order valence-corrected chi connectivity index (χ0v) is 13.6. The highest BCUT2D eigenvalue weighted by atomic mass is 32.1. The van der Waals surface area contributed by atoms with Crippen LogP contribution in [-0.4, -0.2) is 23.9 Å². The van der Waals surface area contributed by atoms with Crippen molar-refractivity contribution in [1.82, 2.24) is 15.5 Å². The predicted molar refractivity (Wildman–Crippen MR) is 87.3 cm³/mol. The van der Waals surface area contributed by atoms with E-state index in [1.807, 2.05) is 13.0 Å². The highest BCUT2D eigenvalue weighted by molar-refractivity contribution is 7.19. The molecule has 3 rings (SSSR count). The molecule has 1 atom stereocenters. The standard InChI is InChI=1S/C16H15N5OS/c1-9-10(6-17)16(11(7-18)12(20-9)3-4-22-2)14-5-13-15(23-14)8-19-21-13/h5,8,16,20H,3-4H2,1-2H3,(H,19,21). The molecule has 0 aromatic carbocycles. The van der Waals surface area contributed by atoms with Crippen molar-refractivity contribution in [1.29, 1.82) is 10.5 Å². The number of nitriles is 2. The molecule has 0 fully saturated rings. The maximum absolute atomic E-state index is 9.68. The number of nitrogens with zero attached hydrogens (tertiary/aromatic N) is 3. The molecule has 0 spiro atoms. The molecule has 0 bridgehead atoms. The Kier molecular flexibility index (Phi) is 4.16. The first-order valence-corrected chi connectivity index (χ1v) is 7.94. The molecule has 0 aliphatic carbocycles. The van der Waals surface area contributed by atoms with Crippen LogP contribution in [0.4, 0.5) is 0 Å². The molecule has 2 aromatic rings. The Hall–Kier alpha value is -2.61. The fraction of sp³-hybridized carbons (Fsp3) is 0.312. The number of aromatic amines is 1. The number of fused-ring (bicyclic) bond motifs is 1. The Morgan fingerprint density at radius 2 is 2.13 bits per heavy atom. The Labute approximate surface area is 137 Å². The fourth-order valence-electron chi connectivity index (χ4n) is 2.77. The van der Waals surface area contributed by atoms with Crippen molar-refractivity contribution >= 4 is 21.6 Å². The highest BCUT2D eigenvalue weighted by Gasteiger charge is 2.31. The van der Waals surface area contributed by atoms with Gasteiger partial charge in [-0.15, -0.1) is 11.3 Å². The molecule has 2 N–H and O–H groups in total. The van der Waals surface area contributed by atoms with Gasteiger partial charge in [0.15, 0.2) is 0 Å². The lowest BCUT2D eigenvalue weighted by molar-refractivity contribution is 0.200. The summed E-state index contributed by atoms with van der Waals surface area (Å²) < 4.78 is 6.14. The van der Waals surface area contributed by atoms with Crippen molar-refractivity contribution in [3.8, 4) is 12.1 Å². The van der Waals surface area contributed by atoms with Gasteiger partial charge in [0.2, 0.25) is 0 Å². The molecule has 1 aliphatic heterocycles. The fourth-order valence-corrected chi connectivity index (χ4v) is 3.88. The van der Waals surface area contributed by atoms with E-state index >= 15 is 0 Å². The van der Waals surface area contributed by atoms with Crippen LogP contribution in [0.15, 0.2) is 34.8 Å². The molecule has 2 aromatic heterocycles. The quantitative estimate of drug-likeness (QED) is 0.900. The Bertz CT molecular complexity index is 861. The largest absolute Gasteiger partial charge is 0.384 e. The van der Waals surface area contributed by atoms with Gasteiger partial charge in [-0.05, 0) is 13.0 Å². The number of hydrogen-bond acceptors (Lipinski definition) is 6. The number of ether oxygens (including phenoxy) is 1. The van der Waals surface area contributed by atoms with Crippen molar-refractivity contribution in [2.45, 2.75) is 19.3 Å². The lowest BCUT2D eigenvalue weighted by Gasteiger charge is -2.26. The minimum absolute atomic E-state index is 0.330. The summed E-state index contributed by atoms with van der Waals surface area (Å²) >= 11 is 1.55. The van der Waals surface area contributed by atoms with Crippen LogP contribution in [0, 0.1) is 22.7 Å². The third kappa shape index (κ3) is 2.61. The molecule has 0 radical (unpaired) electrons. The zero-order chi connectivity index (χ0) is 16.4. The number of H-pyrrole nitrogens is 1. The van der Waals surface area contributed by atoms with E-state index in [-0.39, 0.29) is 5.92 Å². The molecule has 0 saturated carbocycles. The second-order valence-corrected chi connectivity index (χ2v) is 6.37. The number of rotatable bonds is 4. The molecule has 6 nitrogen and oxygen atoms in total. The summed E-state index contributed by atoms with van der Waals surface area (Å²) in [6, 6.07) is 6.52. The first-order chi connectivity index (χ1) is 11.2. The van der Waals surface area contributed by atoms with E-state index in [9.17, 15) is 10.5 Å². The molecule has 116 valence electrons. The van der Waals surface area contributed by atoms with Crippen LogP contribution in [0.3, 0.4) is 0 Å². The van der Waals surface area contributed by atoms with Crippen molar-refractivity contribution in [3.63, 3.8) is 0 Å². The second kappa shape index (κ2) is 6.25. The monoisotopic (exact) mass is 325 g/mol. The molecular weight excluding hydrogens is 310 g/mol. The van der Waals surface area contributed by atoms with Gasteiger partial charge in [0, 0.05) is 29.8 Å². The van der Waals surface area contributed by atoms with Gasteiger partial charge in [-0.3, -0.25) is 5.10 Å². The van der Waals surface area contributed by atoms with Gasteiger partial charge in [-0.2, -0.15) is 15.6 Å². The number of aromatic nitrogens is 2. The van der Waals surface area contributed by atoms with Crippen LogP contribution in [0.25, 0.3) is 10.2 Å². The lowest BCUT2D eigenvalue weighted by atomic mass is 9.85. The van der Waals surface area contributed by atoms with E-state index in [1.165, 1.54) is 0 Å². The molecule has 0 amide bonds. The minimum atomic E-state index is -0.330. The summed E-state index contributed by atoms with van der Waals surface area (Å²) in [6.07, 6.45) is 2.37. The molecule has 1 aliphatic rings.